The van der Waals surface area contributed by atoms with Gasteiger partial charge in [0.05, 0.1) is 13.7 Å². The molecule has 0 aliphatic carbocycles. The number of amides is 1. The molecule has 158 valence electrons. The second-order valence-corrected chi connectivity index (χ2v) is 7.21. The van der Waals surface area contributed by atoms with Gasteiger partial charge in [-0.2, -0.15) is 5.26 Å². The molecule has 0 saturated carbocycles. The molecule has 30 heavy (non-hydrogen) atoms. The maximum Gasteiger partial charge on any atom is 0.266 e. The summed E-state index contributed by atoms with van der Waals surface area (Å²) in [5, 5.41) is 12.4. The number of nitrogens with one attached hydrogen (secondary N) is 1. The molecule has 1 N–H and O–H groups in total. The number of para-hydroxylation sites is 1. The van der Waals surface area contributed by atoms with Crippen LogP contribution in [0.5, 0.6) is 11.5 Å². The molecule has 1 amide bonds. The zero-order valence-corrected chi connectivity index (χ0v) is 18.2. The minimum atomic E-state index is -0.440. The van der Waals surface area contributed by atoms with Crippen molar-refractivity contribution in [3.8, 4) is 17.6 Å². The van der Waals surface area contributed by atoms with Crippen LogP contribution in [0.3, 0.4) is 0 Å². The Morgan fingerprint density at radius 3 is 2.47 bits per heavy atom. The molecule has 0 aliphatic heterocycles. The molecule has 0 bridgehead atoms. The van der Waals surface area contributed by atoms with Crippen LogP contribution in [0.1, 0.15) is 49.3 Å². The highest BCUT2D eigenvalue weighted by molar-refractivity contribution is 6.10. The lowest BCUT2D eigenvalue weighted by Gasteiger charge is -2.12. The Labute approximate surface area is 179 Å². The van der Waals surface area contributed by atoms with E-state index in [4.69, 9.17) is 9.47 Å². The number of nitriles is 1. The molecule has 2 rings (SSSR count). The monoisotopic (exact) mass is 406 g/mol. The van der Waals surface area contributed by atoms with E-state index >= 15 is 0 Å². The van der Waals surface area contributed by atoms with E-state index in [9.17, 15) is 10.1 Å². The Morgan fingerprint density at radius 2 is 1.83 bits per heavy atom. The van der Waals surface area contributed by atoms with Crippen molar-refractivity contribution in [3.63, 3.8) is 0 Å². The van der Waals surface area contributed by atoms with Crippen molar-refractivity contribution in [1.29, 1.82) is 5.26 Å². The average Bonchev–Trinajstić information content (AvgIpc) is 2.74. The lowest BCUT2D eigenvalue weighted by atomic mass is 10.1. The summed E-state index contributed by atoms with van der Waals surface area (Å²) in [5.74, 6) is 0.793. The van der Waals surface area contributed by atoms with Gasteiger partial charge in [0.1, 0.15) is 11.6 Å². The van der Waals surface area contributed by atoms with Crippen molar-refractivity contribution in [3.05, 3.63) is 58.7 Å². The van der Waals surface area contributed by atoms with Crippen LogP contribution in [0.2, 0.25) is 0 Å². The van der Waals surface area contributed by atoms with Gasteiger partial charge in [-0.15, -0.1) is 0 Å². The first-order valence-electron chi connectivity index (χ1n) is 10.3. The molecular weight excluding hydrogens is 376 g/mol. The second kappa shape index (κ2) is 11.7. The first-order valence-corrected chi connectivity index (χ1v) is 10.3. The van der Waals surface area contributed by atoms with Gasteiger partial charge < -0.3 is 14.8 Å². The number of carbonyl (C=O) groups excluding carboxylic acids is 1. The molecule has 0 saturated heterocycles. The molecule has 0 aliphatic rings. The van der Waals surface area contributed by atoms with Crippen LogP contribution in [0.4, 0.5) is 5.69 Å². The van der Waals surface area contributed by atoms with E-state index in [1.807, 2.05) is 50.2 Å². The van der Waals surface area contributed by atoms with Gasteiger partial charge in [0.25, 0.3) is 5.91 Å². The molecule has 0 spiro atoms. The van der Waals surface area contributed by atoms with E-state index in [0.717, 1.165) is 29.7 Å². The summed E-state index contributed by atoms with van der Waals surface area (Å²) in [4.78, 5) is 12.6. The minimum Gasteiger partial charge on any atom is -0.493 e. The summed E-state index contributed by atoms with van der Waals surface area (Å²) in [6.45, 7) is 6.65. The van der Waals surface area contributed by atoms with Crippen molar-refractivity contribution in [2.45, 2.75) is 46.5 Å². The first kappa shape index (κ1) is 23.0. The third kappa shape index (κ3) is 6.38. The number of unbranched alkanes of at least 4 members (excludes halogenated alkanes) is 3. The number of rotatable bonds is 10. The standard InChI is InChI=1S/C25H30N2O3/c1-5-6-7-8-14-30-22-13-12-20(16-23(22)29-4)15-21(17-26)25(28)27-24-18(2)10-9-11-19(24)3/h9-13,15-16H,5-8,14H2,1-4H3,(H,27,28)/b21-15+. The Kier molecular flexibility index (Phi) is 8.96. The topological polar surface area (TPSA) is 71.3 Å². The van der Waals surface area contributed by atoms with Gasteiger partial charge in [-0.3, -0.25) is 4.79 Å². The Morgan fingerprint density at radius 1 is 1.10 bits per heavy atom. The number of nitrogens with zero attached hydrogens (tertiary/aromatic N) is 1. The number of anilines is 1. The van der Waals surface area contributed by atoms with Crippen molar-refractivity contribution < 1.29 is 14.3 Å². The van der Waals surface area contributed by atoms with Crippen LogP contribution in [-0.2, 0) is 4.79 Å². The van der Waals surface area contributed by atoms with Crippen LogP contribution in [0, 0.1) is 25.2 Å². The van der Waals surface area contributed by atoms with E-state index in [1.165, 1.54) is 12.8 Å². The van der Waals surface area contributed by atoms with Gasteiger partial charge >= 0.3 is 0 Å². The molecule has 2 aromatic carbocycles. The van der Waals surface area contributed by atoms with Crippen molar-refractivity contribution in [2.24, 2.45) is 0 Å². The number of hydrogen-bond acceptors (Lipinski definition) is 4. The third-order valence-corrected chi connectivity index (χ3v) is 4.84. The summed E-state index contributed by atoms with van der Waals surface area (Å²) in [6, 6.07) is 13.2. The predicted octanol–water partition coefficient (Wildman–Crippen LogP) is 5.82. The fourth-order valence-electron chi connectivity index (χ4n) is 3.11. The highest BCUT2D eigenvalue weighted by Gasteiger charge is 2.13. The molecule has 0 heterocycles. The lowest BCUT2D eigenvalue weighted by molar-refractivity contribution is -0.112. The maximum absolute atomic E-state index is 12.6. The Balaban J connectivity index is 2.14. The average molecular weight is 407 g/mol. The molecule has 2 aromatic rings. The molecule has 0 aromatic heterocycles. The summed E-state index contributed by atoms with van der Waals surface area (Å²) in [7, 11) is 1.58. The normalized spacial score (nSPS) is 11.0. The maximum atomic E-state index is 12.6. The Bertz CT molecular complexity index is 922. The van der Waals surface area contributed by atoms with E-state index in [-0.39, 0.29) is 5.57 Å². The Hall–Kier alpha value is -3.26. The number of aryl methyl sites for hydroxylation is 2. The summed E-state index contributed by atoms with van der Waals surface area (Å²) < 4.78 is 11.3. The summed E-state index contributed by atoms with van der Waals surface area (Å²) in [6.07, 6.45) is 6.07. The minimum absolute atomic E-state index is 0.0212. The van der Waals surface area contributed by atoms with Crippen LogP contribution >= 0.6 is 0 Å². The zero-order valence-electron chi connectivity index (χ0n) is 18.2. The van der Waals surface area contributed by atoms with Crippen LogP contribution in [0.15, 0.2) is 42.0 Å². The van der Waals surface area contributed by atoms with E-state index in [0.29, 0.717) is 23.7 Å². The number of benzene rings is 2. The highest BCUT2D eigenvalue weighted by Crippen LogP contribution is 2.29. The predicted molar refractivity (Wildman–Crippen MR) is 121 cm³/mol. The smallest absolute Gasteiger partial charge is 0.266 e. The van der Waals surface area contributed by atoms with Gasteiger partial charge in [0.15, 0.2) is 11.5 Å². The number of methoxy groups -OCH3 is 1. The molecule has 5 heteroatoms. The fourth-order valence-corrected chi connectivity index (χ4v) is 3.11. The molecule has 0 unspecified atom stereocenters. The third-order valence-electron chi connectivity index (χ3n) is 4.84. The van der Waals surface area contributed by atoms with Crippen molar-refractivity contribution in [1.82, 2.24) is 0 Å². The van der Waals surface area contributed by atoms with Gasteiger partial charge in [-0.05, 0) is 55.2 Å². The summed E-state index contributed by atoms with van der Waals surface area (Å²) in [5.41, 5.74) is 3.34. The van der Waals surface area contributed by atoms with Gasteiger partial charge in [-0.25, -0.2) is 0 Å². The van der Waals surface area contributed by atoms with Gasteiger partial charge in [-0.1, -0.05) is 50.5 Å². The molecule has 0 radical (unpaired) electrons. The SMILES string of the molecule is CCCCCCOc1ccc(/C=C(\C#N)C(=O)Nc2c(C)cccc2C)cc1OC. The lowest BCUT2D eigenvalue weighted by Crippen LogP contribution is -2.15. The fraction of sp³-hybridized carbons (Fsp3) is 0.360. The van der Waals surface area contributed by atoms with E-state index < -0.39 is 5.91 Å². The number of carbonyl (C=O) groups is 1. The van der Waals surface area contributed by atoms with Crippen molar-refractivity contribution in [2.75, 3.05) is 19.0 Å². The molecule has 0 fully saturated rings. The molecule has 5 nitrogen and oxygen atoms in total. The first-order chi connectivity index (χ1) is 14.5. The van der Waals surface area contributed by atoms with Gasteiger partial charge in [0, 0.05) is 5.69 Å². The van der Waals surface area contributed by atoms with E-state index in [2.05, 4.69) is 12.2 Å². The second-order valence-electron chi connectivity index (χ2n) is 7.21. The highest BCUT2D eigenvalue weighted by atomic mass is 16.5. The molecular formula is C25H30N2O3. The van der Waals surface area contributed by atoms with Crippen LogP contribution in [-0.4, -0.2) is 19.6 Å². The van der Waals surface area contributed by atoms with Crippen LogP contribution in [0.25, 0.3) is 6.08 Å². The number of ether oxygens (including phenoxy) is 2. The van der Waals surface area contributed by atoms with E-state index in [1.54, 1.807) is 19.3 Å². The van der Waals surface area contributed by atoms with Gasteiger partial charge in [0.2, 0.25) is 0 Å². The largest absolute Gasteiger partial charge is 0.493 e. The number of hydrogen-bond donors (Lipinski definition) is 1. The molecule has 0 atom stereocenters. The quantitative estimate of drug-likeness (QED) is 0.307. The summed E-state index contributed by atoms with van der Waals surface area (Å²) >= 11 is 0. The zero-order chi connectivity index (χ0) is 21.9. The van der Waals surface area contributed by atoms with Crippen LogP contribution < -0.4 is 14.8 Å². The van der Waals surface area contributed by atoms with Crippen molar-refractivity contribution >= 4 is 17.7 Å².